The third kappa shape index (κ3) is 4.95. The largest absolute Gasteiger partial charge is 0.508 e. The lowest BCUT2D eigenvalue weighted by atomic mass is 10.1. The van der Waals surface area contributed by atoms with Gasteiger partial charge in [-0.1, -0.05) is 25.1 Å². The molecule has 2 N–H and O–H groups in total. The first kappa shape index (κ1) is 24.2. The van der Waals surface area contributed by atoms with Crippen LogP contribution in [-0.4, -0.2) is 46.4 Å². The molecule has 182 valence electrons. The van der Waals surface area contributed by atoms with Crippen LogP contribution in [0, 0.1) is 0 Å². The smallest absolute Gasteiger partial charge is 0.243 e. The zero-order valence-corrected chi connectivity index (χ0v) is 20.5. The van der Waals surface area contributed by atoms with Gasteiger partial charge in [0.1, 0.15) is 11.6 Å². The minimum Gasteiger partial charge on any atom is -0.508 e. The maximum Gasteiger partial charge on any atom is 0.243 e. The molecule has 1 aliphatic heterocycles. The number of phenolic OH excluding ortho intramolecular Hbond substituents is 1. The molecule has 0 unspecified atom stereocenters. The van der Waals surface area contributed by atoms with E-state index in [1.54, 1.807) is 30.3 Å². The highest BCUT2D eigenvalue weighted by Crippen LogP contribution is 2.26. The third-order valence-corrected chi connectivity index (χ3v) is 8.20. The zero-order chi connectivity index (χ0) is 24.3. The standard InChI is InChI=1S/C25H32N4O4S/c1-3-14-29-22-11-10-19(34(32,33)28-15-6-7-16-28)17-21(22)27-24(29)12-13-25(31)26-18(2)20-8-4-5-9-23(20)30/h4-5,8-11,17-18,30H,3,6-7,12-16H2,1-2H3,(H,26,31)/t18-/m1/s1. The van der Waals surface area contributed by atoms with E-state index in [0.29, 0.717) is 30.6 Å². The van der Waals surface area contributed by atoms with Gasteiger partial charge in [-0.3, -0.25) is 4.79 Å². The summed E-state index contributed by atoms with van der Waals surface area (Å²) in [6.45, 7) is 5.76. The fourth-order valence-corrected chi connectivity index (χ4v) is 6.07. The molecular weight excluding hydrogens is 452 g/mol. The predicted molar refractivity (Wildman–Crippen MR) is 131 cm³/mol. The van der Waals surface area contributed by atoms with Crippen molar-refractivity contribution in [2.24, 2.45) is 0 Å². The topological polar surface area (TPSA) is 105 Å². The monoisotopic (exact) mass is 484 g/mol. The number of benzene rings is 2. The van der Waals surface area contributed by atoms with Crippen LogP contribution in [0.5, 0.6) is 5.75 Å². The molecule has 0 bridgehead atoms. The van der Waals surface area contributed by atoms with Crippen LogP contribution in [0.3, 0.4) is 0 Å². The van der Waals surface area contributed by atoms with Crippen molar-refractivity contribution in [1.29, 1.82) is 0 Å². The molecule has 1 aliphatic rings. The average molecular weight is 485 g/mol. The van der Waals surface area contributed by atoms with E-state index in [9.17, 15) is 18.3 Å². The maximum atomic E-state index is 13.0. The molecule has 0 aliphatic carbocycles. The number of aromatic hydroxyl groups is 1. The molecule has 1 amide bonds. The molecular formula is C25H32N4O4S. The SMILES string of the molecule is CCCn1c(CCC(=O)N[C@H](C)c2ccccc2O)nc2cc(S(=O)(=O)N3CCCC3)ccc21. The van der Waals surface area contributed by atoms with Gasteiger partial charge >= 0.3 is 0 Å². The van der Waals surface area contributed by atoms with Crippen molar-refractivity contribution in [3.63, 3.8) is 0 Å². The summed E-state index contributed by atoms with van der Waals surface area (Å²) in [5.74, 6) is 0.779. The van der Waals surface area contributed by atoms with Gasteiger partial charge in [-0.05, 0) is 50.5 Å². The molecule has 4 rings (SSSR count). The highest BCUT2D eigenvalue weighted by atomic mass is 32.2. The lowest BCUT2D eigenvalue weighted by molar-refractivity contribution is -0.121. The number of sulfonamides is 1. The minimum absolute atomic E-state index is 0.136. The van der Waals surface area contributed by atoms with Crippen LogP contribution in [-0.2, 0) is 27.8 Å². The Balaban J connectivity index is 1.51. The summed E-state index contributed by atoms with van der Waals surface area (Å²) in [7, 11) is -3.52. The molecule has 1 saturated heterocycles. The summed E-state index contributed by atoms with van der Waals surface area (Å²) in [6, 6.07) is 11.8. The zero-order valence-electron chi connectivity index (χ0n) is 19.7. The van der Waals surface area contributed by atoms with Crippen LogP contribution < -0.4 is 5.32 Å². The quantitative estimate of drug-likeness (QED) is 0.481. The number of hydrogen-bond donors (Lipinski definition) is 2. The number of fused-ring (bicyclic) bond motifs is 1. The van der Waals surface area contributed by atoms with Crippen molar-refractivity contribution < 1.29 is 18.3 Å². The van der Waals surface area contributed by atoms with Crippen molar-refractivity contribution in [2.75, 3.05) is 13.1 Å². The van der Waals surface area contributed by atoms with Gasteiger partial charge in [-0.25, -0.2) is 13.4 Å². The van der Waals surface area contributed by atoms with E-state index in [2.05, 4.69) is 16.8 Å². The summed E-state index contributed by atoms with van der Waals surface area (Å²) in [5.41, 5.74) is 2.17. The molecule has 0 spiro atoms. The van der Waals surface area contributed by atoms with Crippen LogP contribution in [0.1, 0.15) is 57.0 Å². The van der Waals surface area contributed by atoms with Crippen LogP contribution >= 0.6 is 0 Å². The summed E-state index contributed by atoms with van der Waals surface area (Å²) in [4.78, 5) is 17.6. The normalized spacial score (nSPS) is 15.6. The second-order valence-corrected chi connectivity index (χ2v) is 10.7. The Morgan fingerprint density at radius 1 is 1.18 bits per heavy atom. The molecule has 2 heterocycles. The first-order valence-corrected chi connectivity index (χ1v) is 13.3. The maximum absolute atomic E-state index is 13.0. The molecule has 1 aromatic heterocycles. The number of imidazole rings is 1. The predicted octanol–water partition coefficient (Wildman–Crippen LogP) is 3.75. The number of phenols is 1. The number of amides is 1. The van der Waals surface area contributed by atoms with E-state index in [-0.39, 0.29) is 29.0 Å². The Morgan fingerprint density at radius 3 is 2.62 bits per heavy atom. The molecule has 1 atom stereocenters. The Morgan fingerprint density at radius 2 is 1.91 bits per heavy atom. The molecule has 8 nitrogen and oxygen atoms in total. The van der Waals surface area contributed by atoms with E-state index in [1.807, 2.05) is 19.1 Å². The van der Waals surface area contributed by atoms with Gasteiger partial charge in [0.05, 0.1) is 22.0 Å². The van der Waals surface area contributed by atoms with E-state index in [0.717, 1.165) is 37.1 Å². The molecule has 0 saturated carbocycles. The van der Waals surface area contributed by atoms with E-state index < -0.39 is 10.0 Å². The fourth-order valence-electron chi connectivity index (χ4n) is 4.53. The highest BCUT2D eigenvalue weighted by Gasteiger charge is 2.28. The molecule has 9 heteroatoms. The molecule has 0 radical (unpaired) electrons. The number of rotatable bonds is 9. The van der Waals surface area contributed by atoms with Crippen LogP contribution in [0.4, 0.5) is 0 Å². The number of para-hydroxylation sites is 1. The Bertz CT molecular complexity index is 1280. The summed E-state index contributed by atoms with van der Waals surface area (Å²) >= 11 is 0. The first-order valence-electron chi connectivity index (χ1n) is 11.9. The average Bonchev–Trinajstić information content (AvgIpc) is 3.47. The van der Waals surface area contributed by atoms with Crippen LogP contribution in [0.25, 0.3) is 11.0 Å². The van der Waals surface area contributed by atoms with Gasteiger partial charge in [0.25, 0.3) is 0 Å². The first-order chi connectivity index (χ1) is 16.3. The van der Waals surface area contributed by atoms with Gasteiger partial charge in [0.2, 0.25) is 15.9 Å². The number of nitrogens with zero attached hydrogens (tertiary/aromatic N) is 3. The third-order valence-electron chi connectivity index (χ3n) is 6.31. The van der Waals surface area contributed by atoms with E-state index >= 15 is 0 Å². The molecule has 3 aromatic rings. The number of nitrogens with one attached hydrogen (secondary N) is 1. The second kappa shape index (κ2) is 10.1. The molecule has 34 heavy (non-hydrogen) atoms. The van der Waals surface area contributed by atoms with Gasteiger partial charge in [-0.2, -0.15) is 4.31 Å². The summed E-state index contributed by atoms with van der Waals surface area (Å²) < 4.78 is 29.6. The van der Waals surface area contributed by atoms with Crippen molar-refractivity contribution in [3.05, 3.63) is 53.9 Å². The number of aromatic nitrogens is 2. The second-order valence-electron chi connectivity index (χ2n) is 8.79. The Kier molecular flexibility index (Phi) is 7.23. The number of hydrogen-bond acceptors (Lipinski definition) is 5. The van der Waals surface area contributed by atoms with Gasteiger partial charge in [0, 0.05) is 38.0 Å². The van der Waals surface area contributed by atoms with Gasteiger partial charge in [-0.15, -0.1) is 0 Å². The van der Waals surface area contributed by atoms with Crippen LogP contribution in [0.15, 0.2) is 47.4 Å². The summed E-state index contributed by atoms with van der Waals surface area (Å²) in [6.07, 6.45) is 3.34. The van der Waals surface area contributed by atoms with Crippen molar-refractivity contribution >= 4 is 27.0 Å². The van der Waals surface area contributed by atoms with Crippen molar-refractivity contribution in [1.82, 2.24) is 19.2 Å². The lowest BCUT2D eigenvalue weighted by Gasteiger charge is -2.16. The van der Waals surface area contributed by atoms with E-state index in [4.69, 9.17) is 4.98 Å². The Labute approximate surface area is 200 Å². The fraction of sp³-hybridized carbons (Fsp3) is 0.440. The molecule has 1 fully saturated rings. The minimum atomic E-state index is -3.52. The van der Waals surface area contributed by atoms with E-state index in [1.165, 1.54) is 4.31 Å². The number of carbonyl (C=O) groups excluding carboxylic acids is 1. The highest BCUT2D eigenvalue weighted by molar-refractivity contribution is 7.89. The summed E-state index contributed by atoms with van der Waals surface area (Å²) in [5, 5.41) is 12.9. The lowest BCUT2D eigenvalue weighted by Crippen LogP contribution is -2.27. The molecule has 2 aromatic carbocycles. The van der Waals surface area contributed by atoms with Gasteiger partial charge < -0.3 is 15.0 Å². The number of carbonyl (C=O) groups is 1. The van der Waals surface area contributed by atoms with Crippen LogP contribution in [0.2, 0.25) is 0 Å². The van der Waals surface area contributed by atoms with Crippen molar-refractivity contribution in [3.8, 4) is 5.75 Å². The van der Waals surface area contributed by atoms with Crippen molar-refractivity contribution in [2.45, 2.75) is 63.4 Å². The Hall–Kier alpha value is -2.91. The number of aryl methyl sites for hydroxylation is 2. The van der Waals surface area contributed by atoms with Gasteiger partial charge in [0.15, 0.2) is 0 Å².